The van der Waals surface area contributed by atoms with Crippen LogP contribution in [0.15, 0.2) is 28.8 Å². The van der Waals surface area contributed by atoms with E-state index in [0.717, 1.165) is 24.4 Å². The van der Waals surface area contributed by atoms with Crippen molar-refractivity contribution in [2.45, 2.75) is 6.04 Å². The van der Waals surface area contributed by atoms with Crippen LogP contribution in [-0.2, 0) is 4.74 Å². The lowest BCUT2D eigenvalue weighted by Gasteiger charge is -2.20. The molecule has 1 aromatic heterocycles. The minimum absolute atomic E-state index is 0.0123. The van der Waals surface area contributed by atoms with Crippen molar-refractivity contribution in [2.75, 3.05) is 38.8 Å². The first-order chi connectivity index (χ1) is 9.74. The van der Waals surface area contributed by atoms with E-state index in [-0.39, 0.29) is 6.04 Å². The Morgan fingerprint density at radius 2 is 2.25 bits per heavy atom. The number of hydrogen-bond donors (Lipinski definition) is 1. The van der Waals surface area contributed by atoms with Crippen molar-refractivity contribution in [2.24, 2.45) is 0 Å². The van der Waals surface area contributed by atoms with Crippen LogP contribution < -0.4 is 10.2 Å². The molecule has 1 aliphatic heterocycles. The molecule has 0 saturated carbocycles. The molecule has 0 radical (unpaired) electrons. The van der Waals surface area contributed by atoms with Crippen molar-refractivity contribution < 1.29 is 9.26 Å². The molecule has 1 fully saturated rings. The molecule has 0 spiro atoms. The normalized spacial score (nSPS) is 19.0. The monoisotopic (exact) mass is 274 g/mol. The SMILES string of the molecule is CN(C)c1cccc(-c2nc(C3COCCN3)no2)c1. The molecule has 2 aromatic rings. The molecule has 3 rings (SSSR count). The van der Waals surface area contributed by atoms with Crippen LogP contribution in [0.2, 0.25) is 0 Å². The number of aromatic nitrogens is 2. The first-order valence-corrected chi connectivity index (χ1v) is 6.66. The van der Waals surface area contributed by atoms with Gasteiger partial charge in [0, 0.05) is 31.9 Å². The number of rotatable bonds is 3. The molecule has 0 aliphatic carbocycles. The third kappa shape index (κ3) is 2.66. The van der Waals surface area contributed by atoms with Crippen molar-refractivity contribution in [1.29, 1.82) is 0 Å². The maximum absolute atomic E-state index is 5.41. The van der Waals surface area contributed by atoms with Gasteiger partial charge in [-0.25, -0.2) is 0 Å². The molecule has 6 heteroatoms. The average molecular weight is 274 g/mol. The lowest BCUT2D eigenvalue weighted by Crippen LogP contribution is -2.35. The number of hydrogen-bond acceptors (Lipinski definition) is 6. The molecular weight excluding hydrogens is 256 g/mol. The Hall–Kier alpha value is -1.92. The summed E-state index contributed by atoms with van der Waals surface area (Å²) in [5.41, 5.74) is 2.02. The highest BCUT2D eigenvalue weighted by Crippen LogP contribution is 2.24. The summed E-state index contributed by atoms with van der Waals surface area (Å²) in [6, 6.07) is 8.03. The predicted octanol–water partition coefficient (Wildman–Crippen LogP) is 1.46. The molecule has 1 N–H and O–H groups in total. The van der Waals surface area contributed by atoms with E-state index in [2.05, 4.69) is 15.5 Å². The minimum atomic E-state index is 0.0123. The van der Waals surface area contributed by atoms with Crippen LogP contribution in [0.1, 0.15) is 11.9 Å². The highest BCUT2D eigenvalue weighted by atomic mass is 16.5. The van der Waals surface area contributed by atoms with Crippen molar-refractivity contribution >= 4 is 5.69 Å². The maximum atomic E-state index is 5.41. The van der Waals surface area contributed by atoms with Gasteiger partial charge >= 0.3 is 0 Å². The fourth-order valence-corrected chi connectivity index (χ4v) is 2.14. The molecule has 1 unspecified atom stereocenters. The van der Waals surface area contributed by atoms with Crippen LogP contribution in [-0.4, -0.2) is 44.0 Å². The number of benzene rings is 1. The molecule has 1 aliphatic rings. The molecule has 1 saturated heterocycles. The molecule has 106 valence electrons. The summed E-state index contributed by atoms with van der Waals surface area (Å²) in [7, 11) is 4.00. The van der Waals surface area contributed by atoms with E-state index in [9.17, 15) is 0 Å². The van der Waals surface area contributed by atoms with Crippen LogP contribution in [0.3, 0.4) is 0 Å². The Bertz CT molecular complexity index is 576. The first-order valence-electron chi connectivity index (χ1n) is 6.66. The minimum Gasteiger partial charge on any atom is -0.378 e. The van der Waals surface area contributed by atoms with Gasteiger partial charge < -0.3 is 19.5 Å². The second-order valence-corrected chi connectivity index (χ2v) is 4.98. The Morgan fingerprint density at radius 1 is 1.35 bits per heavy atom. The van der Waals surface area contributed by atoms with Gasteiger partial charge in [-0.15, -0.1) is 0 Å². The van der Waals surface area contributed by atoms with E-state index in [4.69, 9.17) is 9.26 Å². The van der Waals surface area contributed by atoms with E-state index < -0.39 is 0 Å². The van der Waals surface area contributed by atoms with Gasteiger partial charge in [0.2, 0.25) is 0 Å². The standard InChI is InChI=1S/C14H18N4O2/c1-18(2)11-5-3-4-10(8-11)14-16-13(17-20-14)12-9-19-7-6-15-12/h3-5,8,12,15H,6-7,9H2,1-2H3. The smallest absolute Gasteiger partial charge is 0.258 e. The number of anilines is 1. The van der Waals surface area contributed by atoms with Crippen molar-refractivity contribution in [3.63, 3.8) is 0 Å². The number of morpholine rings is 1. The summed E-state index contributed by atoms with van der Waals surface area (Å²) < 4.78 is 10.8. The first kappa shape index (κ1) is 13.1. The molecule has 6 nitrogen and oxygen atoms in total. The molecular formula is C14H18N4O2. The van der Waals surface area contributed by atoms with Crippen LogP contribution >= 0.6 is 0 Å². The average Bonchev–Trinajstić information content (AvgIpc) is 2.98. The molecule has 0 bridgehead atoms. The molecule has 1 atom stereocenters. The van der Waals surface area contributed by atoms with Gasteiger partial charge in [-0.05, 0) is 18.2 Å². The fraction of sp³-hybridized carbons (Fsp3) is 0.429. The zero-order valence-corrected chi connectivity index (χ0v) is 11.7. The second-order valence-electron chi connectivity index (χ2n) is 4.98. The predicted molar refractivity (Wildman–Crippen MR) is 75.6 cm³/mol. The number of nitrogens with one attached hydrogen (secondary N) is 1. The Labute approximate surface area is 117 Å². The molecule has 0 amide bonds. The van der Waals surface area contributed by atoms with E-state index in [1.807, 2.05) is 43.3 Å². The van der Waals surface area contributed by atoms with E-state index in [0.29, 0.717) is 18.3 Å². The zero-order chi connectivity index (χ0) is 13.9. The Kier molecular flexibility index (Phi) is 3.66. The van der Waals surface area contributed by atoms with Crippen LogP contribution in [0, 0.1) is 0 Å². The van der Waals surface area contributed by atoms with Gasteiger partial charge in [0.25, 0.3) is 5.89 Å². The third-order valence-corrected chi connectivity index (χ3v) is 3.28. The van der Waals surface area contributed by atoms with Crippen molar-refractivity contribution in [1.82, 2.24) is 15.5 Å². The van der Waals surface area contributed by atoms with E-state index in [1.165, 1.54) is 0 Å². The van der Waals surface area contributed by atoms with Crippen molar-refractivity contribution in [3.8, 4) is 11.5 Å². The summed E-state index contributed by atoms with van der Waals surface area (Å²) in [4.78, 5) is 6.50. The maximum Gasteiger partial charge on any atom is 0.258 e. The quantitative estimate of drug-likeness (QED) is 0.914. The second kappa shape index (κ2) is 5.60. The highest BCUT2D eigenvalue weighted by Gasteiger charge is 2.21. The van der Waals surface area contributed by atoms with Gasteiger partial charge in [-0.1, -0.05) is 11.2 Å². The van der Waals surface area contributed by atoms with Gasteiger partial charge in [0.15, 0.2) is 5.82 Å². The summed E-state index contributed by atoms with van der Waals surface area (Å²) in [6.45, 7) is 2.12. The lowest BCUT2D eigenvalue weighted by molar-refractivity contribution is 0.0734. The highest BCUT2D eigenvalue weighted by molar-refractivity contribution is 5.61. The Balaban J connectivity index is 1.84. The van der Waals surface area contributed by atoms with E-state index in [1.54, 1.807) is 0 Å². The third-order valence-electron chi connectivity index (χ3n) is 3.28. The summed E-state index contributed by atoms with van der Waals surface area (Å²) in [5, 5.41) is 7.36. The summed E-state index contributed by atoms with van der Waals surface area (Å²) in [6.07, 6.45) is 0. The largest absolute Gasteiger partial charge is 0.378 e. The van der Waals surface area contributed by atoms with Gasteiger partial charge in [-0.3, -0.25) is 0 Å². The summed E-state index contributed by atoms with van der Waals surface area (Å²) in [5.74, 6) is 1.19. The van der Waals surface area contributed by atoms with Crippen LogP contribution in [0.4, 0.5) is 5.69 Å². The van der Waals surface area contributed by atoms with Crippen LogP contribution in [0.25, 0.3) is 11.5 Å². The molecule has 20 heavy (non-hydrogen) atoms. The molecule has 2 heterocycles. The molecule has 1 aromatic carbocycles. The van der Waals surface area contributed by atoms with Gasteiger partial charge in [0.1, 0.15) is 0 Å². The van der Waals surface area contributed by atoms with Gasteiger partial charge in [0.05, 0.1) is 19.3 Å². The summed E-state index contributed by atoms with van der Waals surface area (Å²) >= 11 is 0. The number of ether oxygens (including phenoxy) is 1. The Morgan fingerprint density at radius 3 is 3.00 bits per heavy atom. The van der Waals surface area contributed by atoms with Gasteiger partial charge in [-0.2, -0.15) is 4.98 Å². The zero-order valence-electron chi connectivity index (χ0n) is 11.7. The number of nitrogens with zero attached hydrogens (tertiary/aromatic N) is 3. The van der Waals surface area contributed by atoms with Crippen molar-refractivity contribution in [3.05, 3.63) is 30.1 Å². The topological polar surface area (TPSA) is 63.4 Å². The van der Waals surface area contributed by atoms with Crippen LogP contribution in [0.5, 0.6) is 0 Å². The fourth-order valence-electron chi connectivity index (χ4n) is 2.14. The van der Waals surface area contributed by atoms with E-state index >= 15 is 0 Å². The lowest BCUT2D eigenvalue weighted by atomic mass is 10.2.